The fourth-order valence-corrected chi connectivity index (χ4v) is 3.70. The first-order valence-corrected chi connectivity index (χ1v) is 7.92. The van der Waals surface area contributed by atoms with Gasteiger partial charge in [-0.2, -0.15) is 0 Å². The van der Waals surface area contributed by atoms with Crippen molar-refractivity contribution in [2.75, 3.05) is 26.9 Å². The highest BCUT2D eigenvalue weighted by atomic mass is 16.5. The molecular weight excluding hydrogens is 256 g/mol. The van der Waals surface area contributed by atoms with Crippen LogP contribution in [0.2, 0.25) is 0 Å². The lowest BCUT2D eigenvalue weighted by Crippen LogP contribution is -2.51. The summed E-state index contributed by atoms with van der Waals surface area (Å²) in [5, 5.41) is 0. The molecule has 2 aliphatic heterocycles. The summed E-state index contributed by atoms with van der Waals surface area (Å²) in [6.07, 6.45) is 4.97. The van der Waals surface area contributed by atoms with Gasteiger partial charge in [0.1, 0.15) is 5.60 Å². The lowest BCUT2D eigenvalue weighted by molar-refractivity contribution is -0.169. The van der Waals surface area contributed by atoms with E-state index < -0.39 is 5.60 Å². The van der Waals surface area contributed by atoms with Crippen molar-refractivity contribution >= 4 is 5.78 Å². The van der Waals surface area contributed by atoms with E-state index in [9.17, 15) is 4.79 Å². The number of hydrogen-bond donors (Lipinski definition) is 0. The molecule has 0 amide bonds. The molecule has 2 heterocycles. The average molecular weight is 284 g/mol. The van der Waals surface area contributed by atoms with E-state index in [1.807, 2.05) is 13.8 Å². The van der Waals surface area contributed by atoms with E-state index in [1.165, 1.54) is 0 Å². The quantitative estimate of drug-likeness (QED) is 0.778. The van der Waals surface area contributed by atoms with Gasteiger partial charge in [-0.05, 0) is 38.5 Å². The molecule has 4 heteroatoms. The van der Waals surface area contributed by atoms with Crippen LogP contribution in [-0.2, 0) is 19.0 Å². The minimum atomic E-state index is -0.603. The Morgan fingerprint density at radius 2 is 1.90 bits per heavy atom. The predicted octanol–water partition coefficient (Wildman–Crippen LogP) is 2.74. The highest BCUT2D eigenvalue weighted by Crippen LogP contribution is 2.40. The van der Waals surface area contributed by atoms with E-state index in [1.54, 1.807) is 7.11 Å². The minimum Gasteiger partial charge on any atom is -0.381 e. The smallest absolute Gasteiger partial charge is 0.167 e. The molecule has 0 radical (unpaired) electrons. The molecule has 0 aromatic carbocycles. The molecule has 0 N–H and O–H groups in total. The lowest BCUT2D eigenvalue weighted by atomic mass is 9.74. The van der Waals surface area contributed by atoms with Crippen LogP contribution < -0.4 is 0 Å². The van der Waals surface area contributed by atoms with Crippen molar-refractivity contribution in [2.24, 2.45) is 5.92 Å². The van der Waals surface area contributed by atoms with Crippen molar-refractivity contribution in [1.29, 1.82) is 0 Å². The molecule has 4 nitrogen and oxygen atoms in total. The summed E-state index contributed by atoms with van der Waals surface area (Å²) in [5.74, 6) is 0.348. The molecule has 2 aliphatic rings. The molecule has 2 saturated heterocycles. The zero-order valence-corrected chi connectivity index (χ0v) is 13.1. The summed E-state index contributed by atoms with van der Waals surface area (Å²) in [6, 6.07) is 0. The lowest BCUT2D eigenvalue weighted by Gasteiger charge is -2.44. The summed E-state index contributed by atoms with van der Waals surface area (Å²) in [6.45, 7) is 6.25. The third kappa shape index (κ3) is 2.92. The van der Waals surface area contributed by atoms with Crippen molar-refractivity contribution in [1.82, 2.24) is 0 Å². The van der Waals surface area contributed by atoms with Gasteiger partial charge in [0.2, 0.25) is 0 Å². The molecule has 0 saturated carbocycles. The second-order valence-electron chi connectivity index (χ2n) is 6.10. The first-order valence-electron chi connectivity index (χ1n) is 7.92. The summed E-state index contributed by atoms with van der Waals surface area (Å²) in [7, 11) is 1.66. The first kappa shape index (κ1) is 15.9. The Morgan fingerprint density at radius 1 is 1.25 bits per heavy atom. The highest BCUT2D eigenvalue weighted by molar-refractivity contribution is 5.89. The van der Waals surface area contributed by atoms with Crippen molar-refractivity contribution in [3.05, 3.63) is 0 Å². The van der Waals surface area contributed by atoms with Gasteiger partial charge in [-0.25, -0.2) is 0 Å². The number of carbonyl (C=O) groups is 1. The van der Waals surface area contributed by atoms with Crippen LogP contribution in [0.5, 0.6) is 0 Å². The summed E-state index contributed by atoms with van der Waals surface area (Å²) < 4.78 is 17.1. The molecule has 0 aromatic heterocycles. The van der Waals surface area contributed by atoms with Crippen LogP contribution in [0, 0.1) is 5.92 Å². The van der Waals surface area contributed by atoms with Crippen molar-refractivity contribution in [2.45, 2.75) is 63.6 Å². The number of hydrogen-bond acceptors (Lipinski definition) is 4. The number of carbonyl (C=O) groups excluding carboxylic acids is 1. The molecule has 0 aromatic rings. The summed E-state index contributed by atoms with van der Waals surface area (Å²) in [5.41, 5.74) is -0.730. The second kappa shape index (κ2) is 6.54. The SMILES string of the molecule is CCC(CC)(OC)C(=O)C1CCOC2(CCOCC2)C1. The van der Waals surface area contributed by atoms with Gasteiger partial charge < -0.3 is 14.2 Å². The summed E-state index contributed by atoms with van der Waals surface area (Å²) >= 11 is 0. The number of rotatable bonds is 5. The molecule has 0 bridgehead atoms. The van der Waals surface area contributed by atoms with Gasteiger partial charge in [-0.3, -0.25) is 4.79 Å². The zero-order valence-electron chi connectivity index (χ0n) is 13.1. The van der Waals surface area contributed by atoms with Gasteiger partial charge in [0.25, 0.3) is 0 Å². The molecule has 116 valence electrons. The third-order valence-electron chi connectivity index (χ3n) is 5.25. The molecule has 0 aliphatic carbocycles. The Hall–Kier alpha value is -0.450. The van der Waals surface area contributed by atoms with E-state index in [2.05, 4.69) is 0 Å². The van der Waals surface area contributed by atoms with Crippen LogP contribution in [0.3, 0.4) is 0 Å². The summed E-state index contributed by atoms with van der Waals surface area (Å²) in [4.78, 5) is 12.9. The molecular formula is C16H28O4. The largest absolute Gasteiger partial charge is 0.381 e. The molecule has 2 fully saturated rings. The van der Waals surface area contributed by atoms with Crippen molar-refractivity contribution < 1.29 is 19.0 Å². The van der Waals surface area contributed by atoms with Crippen LogP contribution in [0.4, 0.5) is 0 Å². The Labute approximate surface area is 122 Å². The van der Waals surface area contributed by atoms with Gasteiger partial charge in [0.15, 0.2) is 5.78 Å². The topological polar surface area (TPSA) is 44.8 Å². The van der Waals surface area contributed by atoms with Crippen LogP contribution in [0.1, 0.15) is 52.4 Å². The molecule has 1 unspecified atom stereocenters. The highest BCUT2D eigenvalue weighted by Gasteiger charge is 2.46. The van der Waals surface area contributed by atoms with Gasteiger partial charge >= 0.3 is 0 Å². The molecule has 1 spiro atoms. The van der Waals surface area contributed by atoms with E-state index in [4.69, 9.17) is 14.2 Å². The van der Waals surface area contributed by atoms with Crippen molar-refractivity contribution in [3.8, 4) is 0 Å². The van der Waals surface area contributed by atoms with E-state index in [0.29, 0.717) is 6.61 Å². The maximum atomic E-state index is 12.9. The minimum absolute atomic E-state index is 0.0710. The van der Waals surface area contributed by atoms with E-state index in [-0.39, 0.29) is 17.3 Å². The van der Waals surface area contributed by atoms with E-state index >= 15 is 0 Å². The maximum Gasteiger partial charge on any atom is 0.167 e. The van der Waals surface area contributed by atoms with Crippen LogP contribution in [-0.4, -0.2) is 43.9 Å². The zero-order chi connectivity index (χ0) is 14.6. The van der Waals surface area contributed by atoms with Crippen molar-refractivity contribution in [3.63, 3.8) is 0 Å². The number of ketones is 1. The molecule has 20 heavy (non-hydrogen) atoms. The first-order chi connectivity index (χ1) is 9.61. The normalized spacial score (nSPS) is 26.6. The Balaban J connectivity index is 2.09. The van der Waals surface area contributed by atoms with E-state index in [0.717, 1.165) is 51.7 Å². The van der Waals surface area contributed by atoms with Crippen LogP contribution in [0.15, 0.2) is 0 Å². The number of Topliss-reactive ketones (excluding diaryl/α,β-unsaturated/α-hetero) is 1. The number of ether oxygens (including phenoxy) is 3. The molecule has 1 atom stereocenters. The fourth-order valence-electron chi connectivity index (χ4n) is 3.70. The monoisotopic (exact) mass is 284 g/mol. The van der Waals surface area contributed by atoms with Gasteiger partial charge in [0, 0.05) is 32.8 Å². The van der Waals surface area contributed by atoms with Gasteiger partial charge in [-0.1, -0.05) is 13.8 Å². The Bertz CT molecular complexity index is 316. The maximum absolute atomic E-state index is 12.9. The van der Waals surface area contributed by atoms with Gasteiger partial charge in [-0.15, -0.1) is 0 Å². The second-order valence-corrected chi connectivity index (χ2v) is 6.10. The van der Waals surface area contributed by atoms with Gasteiger partial charge in [0.05, 0.1) is 5.60 Å². The molecule has 2 rings (SSSR count). The van der Waals surface area contributed by atoms with Crippen LogP contribution in [0.25, 0.3) is 0 Å². The predicted molar refractivity (Wildman–Crippen MR) is 76.8 cm³/mol. The fraction of sp³-hybridized carbons (Fsp3) is 0.938. The average Bonchev–Trinajstić information content (AvgIpc) is 2.50. The van der Waals surface area contributed by atoms with Crippen LogP contribution >= 0.6 is 0 Å². The number of methoxy groups -OCH3 is 1. The Morgan fingerprint density at radius 3 is 2.45 bits per heavy atom. The standard InChI is InChI=1S/C16H28O4/c1-4-16(5-2,18-3)14(17)13-6-9-20-15(12-13)7-10-19-11-8-15/h13H,4-12H2,1-3H3. The Kier molecular flexibility index (Phi) is 5.21. The third-order valence-corrected chi connectivity index (χ3v) is 5.25.